The number of ether oxygens (including phenoxy) is 1. The fourth-order valence-corrected chi connectivity index (χ4v) is 2.55. The first-order valence-electron chi connectivity index (χ1n) is 8.18. The Labute approximate surface area is 152 Å². The Kier molecular flexibility index (Phi) is 5.12. The quantitative estimate of drug-likeness (QED) is 0.667. The number of nitrogens with one attached hydrogen (secondary N) is 2. The van der Waals surface area contributed by atoms with Crippen molar-refractivity contribution < 1.29 is 9.53 Å². The number of aryl methyl sites for hydroxylation is 2. The van der Waals surface area contributed by atoms with Crippen LogP contribution < -0.4 is 10.6 Å². The number of rotatable bonds is 5. The molecule has 0 atom stereocenters. The summed E-state index contributed by atoms with van der Waals surface area (Å²) < 4.78 is 4.74. The molecule has 26 heavy (non-hydrogen) atoms. The molecule has 0 aliphatic rings. The molecule has 0 saturated carbocycles. The molecule has 0 spiro atoms. The zero-order valence-electron chi connectivity index (χ0n) is 14.9. The molecule has 3 aromatic rings. The minimum Gasteiger partial charge on any atom is -0.465 e. The van der Waals surface area contributed by atoms with Crippen molar-refractivity contribution in [2.24, 2.45) is 0 Å². The Morgan fingerprint density at radius 1 is 1.04 bits per heavy atom. The van der Waals surface area contributed by atoms with Crippen LogP contribution in [0.25, 0.3) is 0 Å². The molecule has 1 aromatic heterocycles. The summed E-state index contributed by atoms with van der Waals surface area (Å²) in [6, 6.07) is 15.0. The Balaban J connectivity index is 1.78. The summed E-state index contributed by atoms with van der Waals surface area (Å²) in [6.45, 7) is 4.09. The molecule has 0 amide bonds. The van der Waals surface area contributed by atoms with Gasteiger partial charge in [0.25, 0.3) is 0 Å². The molecule has 0 fully saturated rings. The number of anilines is 4. The van der Waals surface area contributed by atoms with Gasteiger partial charge in [-0.2, -0.15) is 4.98 Å². The van der Waals surface area contributed by atoms with Gasteiger partial charge in [-0.1, -0.05) is 23.8 Å². The summed E-state index contributed by atoms with van der Waals surface area (Å²) >= 11 is 0. The molecule has 1 heterocycles. The maximum Gasteiger partial charge on any atom is 0.337 e. The molecular formula is C20H20N4O2. The van der Waals surface area contributed by atoms with E-state index in [0.717, 1.165) is 16.9 Å². The number of methoxy groups -OCH3 is 1. The highest BCUT2D eigenvalue weighted by Gasteiger charge is 2.07. The van der Waals surface area contributed by atoms with E-state index in [1.807, 2.05) is 25.1 Å². The van der Waals surface area contributed by atoms with Gasteiger partial charge in [0.1, 0.15) is 5.82 Å². The van der Waals surface area contributed by atoms with E-state index in [4.69, 9.17) is 4.74 Å². The van der Waals surface area contributed by atoms with Crippen LogP contribution in [0.3, 0.4) is 0 Å². The van der Waals surface area contributed by atoms with E-state index in [2.05, 4.69) is 33.6 Å². The number of aromatic nitrogens is 2. The Morgan fingerprint density at radius 2 is 1.88 bits per heavy atom. The van der Waals surface area contributed by atoms with Crippen molar-refractivity contribution >= 4 is 29.1 Å². The lowest BCUT2D eigenvalue weighted by Gasteiger charge is -2.11. The molecular weight excluding hydrogens is 328 g/mol. The second kappa shape index (κ2) is 7.65. The zero-order chi connectivity index (χ0) is 18.5. The zero-order valence-corrected chi connectivity index (χ0v) is 14.9. The van der Waals surface area contributed by atoms with Gasteiger partial charge in [0.05, 0.1) is 12.7 Å². The molecule has 0 saturated heterocycles. The predicted octanol–water partition coefficient (Wildman–Crippen LogP) is 4.37. The third kappa shape index (κ3) is 4.16. The first-order valence-corrected chi connectivity index (χ1v) is 8.18. The summed E-state index contributed by atoms with van der Waals surface area (Å²) in [5.41, 5.74) is 4.50. The standard InChI is InChI=1S/C20H20N4O2/c1-13-7-8-17(14(2)11-13)23-20-21-10-9-18(24-20)22-16-6-4-5-15(12-16)19(25)26-3/h4-12H,1-3H3,(H2,21,22,23,24). The Hall–Kier alpha value is -3.41. The van der Waals surface area contributed by atoms with Crippen LogP contribution in [0.5, 0.6) is 0 Å². The smallest absolute Gasteiger partial charge is 0.337 e. The summed E-state index contributed by atoms with van der Waals surface area (Å²) in [4.78, 5) is 20.4. The monoisotopic (exact) mass is 348 g/mol. The number of hydrogen-bond donors (Lipinski definition) is 2. The molecule has 0 aliphatic heterocycles. The number of carbonyl (C=O) groups excluding carboxylic acids is 1. The minimum atomic E-state index is -0.381. The number of benzene rings is 2. The first kappa shape index (κ1) is 17.4. The molecule has 0 aliphatic carbocycles. The average Bonchev–Trinajstić information content (AvgIpc) is 2.64. The van der Waals surface area contributed by atoms with E-state index in [9.17, 15) is 4.79 Å². The van der Waals surface area contributed by atoms with E-state index < -0.39 is 0 Å². The highest BCUT2D eigenvalue weighted by atomic mass is 16.5. The van der Waals surface area contributed by atoms with Gasteiger partial charge in [-0.05, 0) is 49.7 Å². The molecule has 132 valence electrons. The number of esters is 1. The molecule has 6 nitrogen and oxygen atoms in total. The molecule has 0 bridgehead atoms. The molecule has 0 radical (unpaired) electrons. The third-order valence-corrected chi connectivity index (χ3v) is 3.84. The van der Waals surface area contributed by atoms with Gasteiger partial charge in [0, 0.05) is 17.6 Å². The summed E-state index contributed by atoms with van der Waals surface area (Å²) in [6.07, 6.45) is 1.67. The normalized spacial score (nSPS) is 10.3. The van der Waals surface area contributed by atoms with Crippen molar-refractivity contribution in [3.8, 4) is 0 Å². The highest BCUT2D eigenvalue weighted by molar-refractivity contribution is 5.90. The van der Waals surface area contributed by atoms with E-state index in [-0.39, 0.29) is 5.97 Å². The lowest BCUT2D eigenvalue weighted by Crippen LogP contribution is -2.03. The summed E-state index contributed by atoms with van der Waals surface area (Å²) in [5, 5.41) is 6.40. The van der Waals surface area contributed by atoms with Gasteiger partial charge >= 0.3 is 5.97 Å². The van der Waals surface area contributed by atoms with Crippen LogP contribution in [0.2, 0.25) is 0 Å². The van der Waals surface area contributed by atoms with Crippen LogP contribution in [-0.4, -0.2) is 23.0 Å². The second-order valence-corrected chi connectivity index (χ2v) is 5.91. The number of carbonyl (C=O) groups is 1. The van der Waals surface area contributed by atoms with E-state index >= 15 is 0 Å². The Bertz CT molecular complexity index is 941. The fourth-order valence-electron chi connectivity index (χ4n) is 2.55. The average molecular weight is 348 g/mol. The lowest BCUT2D eigenvalue weighted by atomic mass is 10.1. The highest BCUT2D eigenvalue weighted by Crippen LogP contribution is 2.21. The van der Waals surface area contributed by atoms with Crippen LogP contribution in [-0.2, 0) is 4.74 Å². The van der Waals surface area contributed by atoms with E-state index in [1.54, 1.807) is 30.5 Å². The molecule has 3 rings (SSSR count). The lowest BCUT2D eigenvalue weighted by molar-refractivity contribution is 0.0601. The van der Waals surface area contributed by atoms with Crippen LogP contribution in [0.15, 0.2) is 54.7 Å². The van der Waals surface area contributed by atoms with Gasteiger partial charge in [-0.3, -0.25) is 0 Å². The predicted molar refractivity (Wildman–Crippen MR) is 102 cm³/mol. The van der Waals surface area contributed by atoms with Crippen molar-refractivity contribution in [1.29, 1.82) is 0 Å². The van der Waals surface area contributed by atoms with E-state index in [1.165, 1.54) is 12.7 Å². The van der Waals surface area contributed by atoms with Gasteiger partial charge in [0.15, 0.2) is 0 Å². The van der Waals surface area contributed by atoms with Crippen molar-refractivity contribution in [3.63, 3.8) is 0 Å². The largest absolute Gasteiger partial charge is 0.465 e. The van der Waals surface area contributed by atoms with Gasteiger partial charge in [0.2, 0.25) is 5.95 Å². The number of hydrogen-bond acceptors (Lipinski definition) is 6. The molecule has 6 heteroatoms. The SMILES string of the molecule is COC(=O)c1cccc(Nc2ccnc(Nc3ccc(C)cc3C)n2)c1. The van der Waals surface area contributed by atoms with E-state index in [0.29, 0.717) is 17.3 Å². The first-order chi connectivity index (χ1) is 12.5. The summed E-state index contributed by atoms with van der Waals surface area (Å²) in [5.74, 6) is 0.730. The van der Waals surface area contributed by atoms with Crippen LogP contribution in [0, 0.1) is 13.8 Å². The summed E-state index contributed by atoms with van der Waals surface area (Å²) in [7, 11) is 1.36. The van der Waals surface area contributed by atoms with Gasteiger partial charge < -0.3 is 15.4 Å². The molecule has 2 aromatic carbocycles. The minimum absolute atomic E-state index is 0.381. The maximum atomic E-state index is 11.6. The van der Waals surface area contributed by atoms with Gasteiger partial charge in [-0.25, -0.2) is 9.78 Å². The Morgan fingerprint density at radius 3 is 2.65 bits per heavy atom. The fraction of sp³-hybridized carbons (Fsp3) is 0.150. The number of nitrogens with zero attached hydrogens (tertiary/aromatic N) is 2. The van der Waals surface area contributed by atoms with Crippen LogP contribution in [0.1, 0.15) is 21.5 Å². The molecule has 0 unspecified atom stereocenters. The maximum absolute atomic E-state index is 11.6. The van der Waals surface area contributed by atoms with Crippen molar-refractivity contribution in [3.05, 3.63) is 71.4 Å². The van der Waals surface area contributed by atoms with Crippen LogP contribution >= 0.6 is 0 Å². The van der Waals surface area contributed by atoms with Crippen molar-refractivity contribution in [1.82, 2.24) is 9.97 Å². The van der Waals surface area contributed by atoms with Gasteiger partial charge in [-0.15, -0.1) is 0 Å². The second-order valence-electron chi connectivity index (χ2n) is 5.91. The molecule has 2 N–H and O–H groups in total. The van der Waals surface area contributed by atoms with Crippen molar-refractivity contribution in [2.75, 3.05) is 17.7 Å². The third-order valence-electron chi connectivity index (χ3n) is 3.84. The van der Waals surface area contributed by atoms with Crippen LogP contribution in [0.4, 0.5) is 23.1 Å². The van der Waals surface area contributed by atoms with Crippen molar-refractivity contribution in [2.45, 2.75) is 13.8 Å². The topological polar surface area (TPSA) is 76.1 Å².